The number of aryl methyl sites for hydroxylation is 2. The summed E-state index contributed by atoms with van der Waals surface area (Å²) in [4.78, 5) is 20.2. The molecule has 2 aliphatic heterocycles. The van der Waals surface area contributed by atoms with E-state index in [2.05, 4.69) is 31.8 Å². The molecule has 0 amide bonds. The molecule has 5 rings (SSSR count). The highest BCUT2D eigenvalue weighted by molar-refractivity contribution is 5.93. The summed E-state index contributed by atoms with van der Waals surface area (Å²) in [5.41, 5.74) is 0.891. The Bertz CT molecular complexity index is 1230. The number of H-pyrrole nitrogens is 1. The van der Waals surface area contributed by atoms with Crippen molar-refractivity contribution < 1.29 is 0 Å². The van der Waals surface area contributed by atoms with E-state index >= 15 is 0 Å². The van der Waals surface area contributed by atoms with E-state index in [1.807, 2.05) is 19.1 Å². The number of aromatic nitrogens is 4. The van der Waals surface area contributed by atoms with Crippen molar-refractivity contribution in [2.24, 2.45) is 7.05 Å². The largest absolute Gasteiger partial charge is 0.367 e. The molecule has 5 heterocycles. The summed E-state index contributed by atoms with van der Waals surface area (Å²) >= 11 is 0. The van der Waals surface area contributed by atoms with Gasteiger partial charge in [0.15, 0.2) is 5.82 Å². The van der Waals surface area contributed by atoms with Gasteiger partial charge in [0.05, 0.1) is 11.5 Å². The van der Waals surface area contributed by atoms with Crippen LogP contribution in [-0.2, 0) is 7.05 Å². The van der Waals surface area contributed by atoms with Crippen LogP contribution in [0.4, 0.5) is 17.5 Å². The highest BCUT2D eigenvalue weighted by Crippen LogP contribution is 2.37. The van der Waals surface area contributed by atoms with Gasteiger partial charge in [-0.15, -0.1) is 0 Å². The van der Waals surface area contributed by atoms with Crippen LogP contribution in [0.3, 0.4) is 0 Å². The second-order valence-corrected chi connectivity index (χ2v) is 8.95. The van der Waals surface area contributed by atoms with Crippen LogP contribution in [0.2, 0.25) is 0 Å². The molecule has 32 heavy (non-hydrogen) atoms. The number of nitriles is 1. The van der Waals surface area contributed by atoms with Crippen molar-refractivity contribution in [3.8, 4) is 6.07 Å². The van der Waals surface area contributed by atoms with Crippen LogP contribution < -0.4 is 16.2 Å². The maximum absolute atomic E-state index is 12.9. The lowest BCUT2D eigenvalue weighted by Gasteiger charge is -2.39. The van der Waals surface area contributed by atoms with Gasteiger partial charge in [-0.1, -0.05) is 0 Å². The van der Waals surface area contributed by atoms with Crippen molar-refractivity contribution in [2.75, 3.05) is 17.2 Å². The molecule has 2 aliphatic rings. The first kappa shape index (κ1) is 20.5. The van der Waals surface area contributed by atoms with Crippen molar-refractivity contribution >= 4 is 28.2 Å². The third kappa shape index (κ3) is 3.82. The number of hydrogen-bond donors (Lipinski definition) is 3. The van der Waals surface area contributed by atoms with E-state index in [0.717, 1.165) is 36.3 Å². The number of nitrogens with one attached hydrogen (secondary N) is 3. The Labute approximate surface area is 186 Å². The summed E-state index contributed by atoms with van der Waals surface area (Å²) in [7, 11) is 1.76. The van der Waals surface area contributed by atoms with Gasteiger partial charge in [0.2, 0.25) is 0 Å². The molecule has 9 nitrogen and oxygen atoms in total. The van der Waals surface area contributed by atoms with Crippen molar-refractivity contribution in [2.45, 2.75) is 57.2 Å². The van der Waals surface area contributed by atoms with Crippen LogP contribution in [0.5, 0.6) is 0 Å². The second-order valence-electron chi connectivity index (χ2n) is 8.95. The number of rotatable bonds is 6. The van der Waals surface area contributed by atoms with E-state index in [9.17, 15) is 4.79 Å². The van der Waals surface area contributed by atoms with Crippen molar-refractivity contribution in [3.63, 3.8) is 0 Å². The van der Waals surface area contributed by atoms with Gasteiger partial charge in [0.25, 0.3) is 5.56 Å². The molecule has 2 fully saturated rings. The summed E-state index contributed by atoms with van der Waals surface area (Å²) in [6.45, 7) is 2.80. The maximum atomic E-state index is 12.9. The van der Waals surface area contributed by atoms with E-state index in [1.54, 1.807) is 23.9 Å². The van der Waals surface area contributed by atoms with Gasteiger partial charge in [-0.3, -0.25) is 14.8 Å². The summed E-state index contributed by atoms with van der Waals surface area (Å²) < 4.78 is 1.59. The van der Waals surface area contributed by atoms with Gasteiger partial charge < -0.3 is 15.2 Å². The molecule has 0 aromatic carbocycles. The smallest absolute Gasteiger partial charge is 0.258 e. The molecule has 2 bridgehead atoms. The van der Waals surface area contributed by atoms with Gasteiger partial charge in [0.1, 0.15) is 11.6 Å². The number of pyridine rings is 2. The Balaban J connectivity index is 1.45. The minimum Gasteiger partial charge on any atom is -0.367 e. The number of aromatic amines is 1. The topological polar surface area (TPSA) is 115 Å². The minimum absolute atomic E-state index is 0.0550. The molecule has 3 atom stereocenters. The van der Waals surface area contributed by atoms with Crippen LogP contribution in [0.1, 0.15) is 37.8 Å². The summed E-state index contributed by atoms with van der Waals surface area (Å²) in [5.74, 6) is 1.98. The molecule has 0 radical (unpaired) electrons. The van der Waals surface area contributed by atoms with Gasteiger partial charge in [-0.05, 0) is 44.7 Å². The molecule has 0 saturated carbocycles. The molecule has 1 unspecified atom stereocenters. The lowest BCUT2D eigenvalue weighted by molar-refractivity contribution is 0.136. The van der Waals surface area contributed by atoms with Gasteiger partial charge in [-0.25, -0.2) is 4.98 Å². The fraction of sp³-hybridized carbons (Fsp3) is 0.478. The first-order valence-electron chi connectivity index (χ1n) is 11.2. The van der Waals surface area contributed by atoms with Gasteiger partial charge in [0, 0.05) is 61.5 Å². The highest BCUT2D eigenvalue weighted by atomic mass is 16.1. The lowest BCUT2D eigenvalue weighted by atomic mass is 9.97. The monoisotopic (exact) mass is 432 g/mol. The molecule has 0 spiro atoms. The highest BCUT2D eigenvalue weighted by Gasteiger charge is 2.40. The zero-order chi connectivity index (χ0) is 22.2. The van der Waals surface area contributed by atoms with Gasteiger partial charge >= 0.3 is 0 Å². The summed E-state index contributed by atoms with van der Waals surface area (Å²) in [6, 6.07) is 9.22. The van der Waals surface area contributed by atoms with Gasteiger partial charge in [-0.2, -0.15) is 10.4 Å². The molecular weight excluding hydrogens is 404 g/mol. The normalized spacial score (nSPS) is 22.7. The standard InChI is InChI=1S/C23H28N8O/c1-14-10-21(29-28-14)26-20-13-19-18(6-9-30(2)23(19)32)22(27-20)25-15-11-16-4-5-17(12-15)31(16)8-3-7-24/h6,9-10,13,15-17H,3-5,8,11-12H2,1-2H3,(H3,25,26,27,28,29)/t15?,16-,17+. The van der Waals surface area contributed by atoms with Crippen LogP contribution in [0.15, 0.2) is 29.2 Å². The van der Waals surface area contributed by atoms with Crippen LogP contribution in [0, 0.1) is 18.3 Å². The molecule has 166 valence electrons. The van der Waals surface area contributed by atoms with E-state index in [0.29, 0.717) is 35.5 Å². The summed E-state index contributed by atoms with van der Waals surface area (Å²) in [5, 5.41) is 24.5. The molecule has 3 aromatic heterocycles. The predicted octanol–water partition coefficient (Wildman–Crippen LogP) is 3.03. The van der Waals surface area contributed by atoms with Crippen LogP contribution >= 0.6 is 0 Å². The predicted molar refractivity (Wildman–Crippen MR) is 124 cm³/mol. The molecule has 9 heteroatoms. The fourth-order valence-corrected chi connectivity index (χ4v) is 5.26. The van der Waals surface area contributed by atoms with Crippen molar-refractivity contribution in [1.29, 1.82) is 5.26 Å². The number of fused-ring (bicyclic) bond motifs is 3. The van der Waals surface area contributed by atoms with Crippen molar-refractivity contribution in [3.05, 3.63) is 40.4 Å². The SMILES string of the molecule is Cc1cc(Nc2cc3c(=O)n(C)ccc3c(NC3C[C@H]4CC[C@@H](C3)N4CCC#N)n2)n[nH]1. The third-order valence-corrected chi connectivity index (χ3v) is 6.74. The molecule has 3 aromatic rings. The Morgan fingerprint density at radius 3 is 2.69 bits per heavy atom. The molecular formula is C23H28N8O. The fourth-order valence-electron chi connectivity index (χ4n) is 5.26. The maximum Gasteiger partial charge on any atom is 0.258 e. The Hall–Kier alpha value is -3.38. The van der Waals surface area contributed by atoms with E-state index in [1.165, 1.54) is 12.8 Å². The zero-order valence-electron chi connectivity index (χ0n) is 18.4. The van der Waals surface area contributed by atoms with Crippen molar-refractivity contribution in [1.82, 2.24) is 24.6 Å². The lowest BCUT2D eigenvalue weighted by Crippen LogP contribution is -2.47. The molecule has 2 saturated heterocycles. The number of hydrogen-bond acceptors (Lipinski definition) is 7. The second kappa shape index (κ2) is 8.28. The Kier molecular flexibility index (Phi) is 5.31. The Morgan fingerprint density at radius 2 is 2.00 bits per heavy atom. The number of nitrogens with zero attached hydrogens (tertiary/aromatic N) is 5. The van der Waals surface area contributed by atoms with Crippen LogP contribution in [0.25, 0.3) is 10.8 Å². The third-order valence-electron chi connectivity index (χ3n) is 6.74. The average Bonchev–Trinajstić information content (AvgIpc) is 3.28. The quantitative estimate of drug-likeness (QED) is 0.548. The first-order chi connectivity index (χ1) is 15.5. The summed E-state index contributed by atoms with van der Waals surface area (Å²) in [6.07, 6.45) is 6.78. The molecule has 0 aliphatic carbocycles. The minimum atomic E-state index is -0.0550. The van der Waals surface area contributed by atoms with E-state index in [4.69, 9.17) is 10.2 Å². The average molecular weight is 433 g/mol. The number of anilines is 3. The first-order valence-corrected chi connectivity index (χ1v) is 11.2. The molecule has 3 N–H and O–H groups in total. The van der Waals surface area contributed by atoms with E-state index in [-0.39, 0.29) is 11.6 Å². The zero-order valence-corrected chi connectivity index (χ0v) is 18.4. The van der Waals surface area contributed by atoms with E-state index < -0.39 is 0 Å². The Morgan fingerprint density at radius 1 is 1.22 bits per heavy atom. The van der Waals surface area contributed by atoms with Crippen LogP contribution in [-0.4, -0.2) is 49.3 Å². The number of piperidine rings is 1.